The molecule has 0 atom stereocenters. The average Bonchev–Trinajstić information content (AvgIpc) is 3.09. The number of benzene rings is 1. The monoisotopic (exact) mass is 350 g/mol. The van der Waals surface area contributed by atoms with Crippen LogP contribution in [0.25, 0.3) is 11.1 Å². The molecule has 24 heavy (non-hydrogen) atoms. The number of hydrogen-bond acceptors (Lipinski definition) is 5. The Balaban J connectivity index is 1.84. The van der Waals surface area contributed by atoms with E-state index >= 15 is 0 Å². The van der Waals surface area contributed by atoms with Crippen LogP contribution in [0.3, 0.4) is 0 Å². The average molecular weight is 350 g/mol. The number of nitrogens with zero attached hydrogens (tertiary/aromatic N) is 2. The van der Waals surface area contributed by atoms with E-state index in [-0.39, 0.29) is 10.5 Å². The van der Waals surface area contributed by atoms with Gasteiger partial charge in [0.2, 0.25) is 0 Å². The number of nitrogens with one attached hydrogen (secondary N) is 2. The first kappa shape index (κ1) is 16.0. The largest absolute Gasteiger partial charge is 0.419 e. The smallest absolute Gasteiger partial charge is 0.408 e. The Morgan fingerprint density at radius 2 is 1.96 bits per heavy atom. The van der Waals surface area contributed by atoms with Crippen LogP contribution < -0.4 is 16.0 Å². The Hall–Kier alpha value is -2.85. The predicted molar refractivity (Wildman–Crippen MR) is 84.7 cm³/mol. The fraction of sp³-hybridized carbons (Fsp3) is 0.143. The molecule has 3 aromatic rings. The molecule has 0 aliphatic heterocycles. The number of hydrazine groups is 1. The van der Waals surface area contributed by atoms with Crippen molar-refractivity contribution >= 4 is 27.0 Å². The molecule has 0 spiro atoms. The molecular formula is C14H14N4O5S. The lowest BCUT2D eigenvalue weighted by molar-refractivity contribution is 0.0937. The van der Waals surface area contributed by atoms with Gasteiger partial charge >= 0.3 is 5.76 Å². The second-order valence-electron chi connectivity index (χ2n) is 5.12. The third-order valence-corrected chi connectivity index (χ3v) is 4.79. The first-order valence-corrected chi connectivity index (χ1v) is 8.31. The highest BCUT2D eigenvalue weighted by Gasteiger charge is 2.18. The Labute approximate surface area is 136 Å². The van der Waals surface area contributed by atoms with Crippen LogP contribution in [0.2, 0.25) is 0 Å². The molecule has 2 N–H and O–H groups in total. The van der Waals surface area contributed by atoms with E-state index in [1.807, 2.05) is 4.83 Å². The highest BCUT2D eigenvalue weighted by atomic mass is 32.2. The molecule has 0 saturated heterocycles. The van der Waals surface area contributed by atoms with Crippen LogP contribution in [-0.2, 0) is 24.1 Å². The number of aryl methyl sites for hydroxylation is 2. The molecule has 1 amide bonds. The van der Waals surface area contributed by atoms with E-state index in [9.17, 15) is 18.0 Å². The summed E-state index contributed by atoms with van der Waals surface area (Å²) >= 11 is 0. The molecule has 0 aliphatic carbocycles. The Morgan fingerprint density at radius 1 is 1.21 bits per heavy atom. The van der Waals surface area contributed by atoms with Gasteiger partial charge in [-0.05, 0) is 24.3 Å². The molecule has 2 aromatic heterocycles. The van der Waals surface area contributed by atoms with Gasteiger partial charge in [0.15, 0.2) is 5.58 Å². The third-order valence-electron chi connectivity index (χ3n) is 3.55. The fourth-order valence-electron chi connectivity index (χ4n) is 2.21. The molecule has 0 aliphatic rings. The van der Waals surface area contributed by atoms with Gasteiger partial charge < -0.3 is 8.98 Å². The maximum Gasteiger partial charge on any atom is 0.419 e. The topological polar surface area (TPSA) is 115 Å². The van der Waals surface area contributed by atoms with E-state index in [2.05, 4.69) is 5.43 Å². The molecule has 10 heteroatoms. The number of sulfonamides is 1. The molecule has 0 saturated carbocycles. The maximum absolute atomic E-state index is 12.3. The summed E-state index contributed by atoms with van der Waals surface area (Å²) in [5, 5.41) is 0. The van der Waals surface area contributed by atoms with Crippen LogP contribution in [0.15, 0.2) is 50.6 Å². The Morgan fingerprint density at radius 3 is 2.62 bits per heavy atom. The van der Waals surface area contributed by atoms with E-state index in [4.69, 9.17) is 4.42 Å². The summed E-state index contributed by atoms with van der Waals surface area (Å²) in [6, 6.07) is 7.19. The van der Waals surface area contributed by atoms with E-state index < -0.39 is 21.7 Å². The number of hydrogen-bond donors (Lipinski definition) is 2. The van der Waals surface area contributed by atoms with E-state index in [1.54, 1.807) is 29.9 Å². The van der Waals surface area contributed by atoms with Crippen molar-refractivity contribution < 1.29 is 17.6 Å². The summed E-state index contributed by atoms with van der Waals surface area (Å²) in [7, 11) is -0.841. The van der Waals surface area contributed by atoms with Gasteiger partial charge in [0.25, 0.3) is 15.9 Å². The highest BCUT2D eigenvalue weighted by Crippen LogP contribution is 2.17. The number of fused-ring (bicyclic) bond motifs is 1. The summed E-state index contributed by atoms with van der Waals surface area (Å²) in [5.74, 6) is -1.19. The van der Waals surface area contributed by atoms with Crippen LogP contribution in [0.4, 0.5) is 0 Å². The van der Waals surface area contributed by atoms with Crippen molar-refractivity contribution in [2.45, 2.75) is 4.90 Å². The highest BCUT2D eigenvalue weighted by molar-refractivity contribution is 7.89. The second kappa shape index (κ2) is 5.65. The van der Waals surface area contributed by atoms with Crippen LogP contribution >= 0.6 is 0 Å². The minimum Gasteiger partial charge on any atom is -0.408 e. The van der Waals surface area contributed by atoms with Crippen LogP contribution in [0.1, 0.15) is 10.5 Å². The maximum atomic E-state index is 12.3. The van der Waals surface area contributed by atoms with Crippen molar-refractivity contribution in [1.82, 2.24) is 19.4 Å². The van der Waals surface area contributed by atoms with Crippen molar-refractivity contribution in [2.75, 3.05) is 0 Å². The van der Waals surface area contributed by atoms with Crippen LogP contribution in [0.5, 0.6) is 0 Å². The number of rotatable bonds is 4. The minimum absolute atomic E-state index is 0.138. The third kappa shape index (κ3) is 2.72. The van der Waals surface area contributed by atoms with E-state index in [0.717, 1.165) is 0 Å². The van der Waals surface area contributed by atoms with Crippen molar-refractivity contribution in [3.63, 3.8) is 0 Å². The summed E-state index contributed by atoms with van der Waals surface area (Å²) in [6.07, 6.45) is 1.66. The van der Waals surface area contributed by atoms with Gasteiger partial charge in [-0.1, -0.05) is 0 Å². The predicted octanol–water partition coefficient (Wildman–Crippen LogP) is 0.0933. The molecule has 1 aromatic carbocycles. The number of carbonyl (C=O) groups excluding carboxylic acids is 1. The van der Waals surface area contributed by atoms with Crippen LogP contribution in [0, 0.1) is 0 Å². The van der Waals surface area contributed by atoms with Crippen LogP contribution in [-0.4, -0.2) is 23.5 Å². The number of carbonyl (C=O) groups is 1. The molecule has 0 fully saturated rings. The zero-order valence-electron chi connectivity index (χ0n) is 12.8. The Bertz CT molecular complexity index is 1090. The molecule has 126 valence electrons. The number of amides is 1. The van der Waals surface area contributed by atoms with Gasteiger partial charge in [-0.15, -0.1) is 4.83 Å². The molecule has 0 bridgehead atoms. The fourth-order valence-corrected chi connectivity index (χ4v) is 3.07. The molecular weight excluding hydrogens is 336 g/mol. The summed E-state index contributed by atoms with van der Waals surface area (Å²) < 4.78 is 32.3. The number of aromatic nitrogens is 2. The van der Waals surface area contributed by atoms with Gasteiger partial charge in [0, 0.05) is 26.4 Å². The van der Waals surface area contributed by atoms with Gasteiger partial charge in [-0.25, -0.2) is 13.2 Å². The standard InChI is InChI=1S/C14H14N4O5S/c1-17-7-3-4-11(17)13(19)15-16-24(21,22)9-5-6-10-12(8-9)23-14(20)18(10)2/h3-8,16H,1-2H3,(H,15,19). The molecule has 2 heterocycles. The van der Waals surface area contributed by atoms with Gasteiger partial charge in [0.05, 0.1) is 10.4 Å². The molecule has 0 unspecified atom stereocenters. The minimum atomic E-state index is -4.02. The van der Waals surface area contributed by atoms with Crippen molar-refractivity contribution in [1.29, 1.82) is 0 Å². The molecule has 9 nitrogen and oxygen atoms in total. The van der Waals surface area contributed by atoms with E-state index in [1.165, 1.54) is 29.8 Å². The lowest BCUT2D eigenvalue weighted by atomic mass is 10.3. The van der Waals surface area contributed by atoms with Gasteiger partial charge in [-0.3, -0.25) is 14.8 Å². The zero-order chi connectivity index (χ0) is 17.5. The summed E-state index contributed by atoms with van der Waals surface area (Å²) in [5.41, 5.74) is 3.03. The van der Waals surface area contributed by atoms with E-state index in [0.29, 0.717) is 11.2 Å². The van der Waals surface area contributed by atoms with Crippen molar-refractivity contribution in [3.8, 4) is 0 Å². The van der Waals surface area contributed by atoms with Crippen molar-refractivity contribution in [2.24, 2.45) is 14.1 Å². The normalized spacial score (nSPS) is 11.8. The van der Waals surface area contributed by atoms with Crippen molar-refractivity contribution in [3.05, 3.63) is 52.8 Å². The van der Waals surface area contributed by atoms with Gasteiger partial charge in [0.1, 0.15) is 5.69 Å². The zero-order valence-corrected chi connectivity index (χ0v) is 13.6. The lowest BCUT2D eigenvalue weighted by Crippen LogP contribution is -2.42. The summed E-state index contributed by atoms with van der Waals surface area (Å²) in [6.45, 7) is 0. The molecule has 3 rings (SSSR count). The Kier molecular flexibility index (Phi) is 3.78. The second-order valence-corrected chi connectivity index (χ2v) is 6.80. The van der Waals surface area contributed by atoms with Gasteiger partial charge in [-0.2, -0.15) is 0 Å². The molecule has 0 radical (unpaired) electrons. The quantitative estimate of drug-likeness (QED) is 0.647. The SMILES string of the molecule is Cn1cccc1C(=O)NNS(=O)(=O)c1ccc2c(c1)oc(=O)n2C. The first-order chi connectivity index (χ1) is 11.3. The number of oxazole rings is 1. The lowest BCUT2D eigenvalue weighted by Gasteiger charge is -2.09. The summed E-state index contributed by atoms with van der Waals surface area (Å²) in [4.78, 5) is 25.3. The first-order valence-electron chi connectivity index (χ1n) is 6.82.